The predicted octanol–water partition coefficient (Wildman–Crippen LogP) is 2.88. The Morgan fingerprint density at radius 2 is 2.33 bits per heavy atom. The van der Waals surface area contributed by atoms with Gasteiger partial charge in [0, 0.05) is 10.9 Å². The lowest BCUT2D eigenvalue weighted by Crippen LogP contribution is -2.21. The highest BCUT2D eigenvalue weighted by Crippen LogP contribution is 2.30. The van der Waals surface area contributed by atoms with Gasteiger partial charge in [0.05, 0.1) is 9.70 Å². The average Bonchev–Trinajstić information content (AvgIpc) is 2.60. The van der Waals surface area contributed by atoms with Crippen LogP contribution in [0.3, 0.4) is 0 Å². The Balaban J connectivity index is 2.68. The minimum absolute atomic E-state index is 0.118. The average molecular weight is 292 g/mol. The molecule has 0 bridgehead atoms. The minimum atomic E-state index is -0.745. The van der Waals surface area contributed by atoms with E-state index in [4.69, 9.17) is 5.11 Å². The molecule has 0 fully saturated rings. The summed E-state index contributed by atoms with van der Waals surface area (Å²) in [7, 11) is 1.85. The number of aliphatic carboxylic acids is 1. The monoisotopic (exact) mass is 291 g/mol. The second kappa shape index (κ2) is 5.63. The van der Waals surface area contributed by atoms with Gasteiger partial charge in [-0.05, 0) is 41.5 Å². The standard InChI is InChI=1S/C10H14BrNO2S/c1-6(10(13)14)5-7(12-2)8-3-4-9(11)15-8/h3-4,6-7,12H,5H2,1-2H3,(H,13,14). The van der Waals surface area contributed by atoms with E-state index in [1.54, 1.807) is 18.3 Å². The maximum atomic E-state index is 10.8. The van der Waals surface area contributed by atoms with E-state index in [0.29, 0.717) is 6.42 Å². The number of halogens is 1. The highest BCUT2D eigenvalue weighted by molar-refractivity contribution is 9.11. The third-order valence-electron chi connectivity index (χ3n) is 2.30. The Hall–Kier alpha value is -0.390. The molecule has 3 nitrogen and oxygen atoms in total. The molecule has 0 spiro atoms. The van der Waals surface area contributed by atoms with E-state index >= 15 is 0 Å². The molecule has 2 unspecified atom stereocenters. The van der Waals surface area contributed by atoms with Gasteiger partial charge >= 0.3 is 5.97 Å². The number of carbonyl (C=O) groups is 1. The van der Waals surface area contributed by atoms with Crippen LogP contribution in [-0.2, 0) is 4.79 Å². The molecule has 5 heteroatoms. The summed E-state index contributed by atoms with van der Waals surface area (Å²) in [6.07, 6.45) is 0.610. The summed E-state index contributed by atoms with van der Waals surface area (Å²) < 4.78 is 1.07. The normalized spacial score (nSPS) is 14.9. The van der Waals surface area contributed by atoms with E-state index in [0.717, 1.165) is 8.66 Å². The van der Waals surface area contributed by atoms with Gasteiger partial charge in [-0.3, -0.25) is 4.79 Å². The fourth-order valence-corrected chi connectivity index (χ4v) is 2.89. The van der Waals surface area contributed by atoms with Gasteiger partial charge < -0.3 is 10.4 Å². The van der Waals surface area contributed by atoms with Gasteiger partial charge in [0.1, 0.15) is 0 Å². The van der Waals surface area contributed by atoms with E-state index in [-0.39, 0.29) is 12.0 Å². The van der Waals surface area contributed by atoms with Gasteiger partial charge in [-0.15, -0.1) is 11.3 Å². The molecule has 1 aromatic rings. The first-order valence-corrected chi connectivity index (χ1v) is 6.31. The van der Waals surface area contributed by atoms with Crippen LogP contribution in [0.4, 0.5) is 0 Å². The summed E-state index contributed by atoms with van der Waals surface area (Å²) in [5, 5.41) is 12.0. The number of nitrogens with one attached hydrogen (secondary N) is 1. The molecule has 84 valence electrons. The number of thiophene rings is 1. The molecule has 0 aliphatic heterocycles. The summed E-state index contributed by atoms with van der Waals surface area (Å²) in [6, 6.07) is 4.12. The van der Waals surface area contributed by atoms with Crippen molar-refractivity contribution in [3.05, 3.63) is 20.8 Å². The van der Waals surface area contributed by atoms with Gasteiger partial charge in [0.15, 0.2) is 0 Å². The van der Waals surface area contributed by atoms with Crippen LogP contribution in [0, 0.1) is 5.92 Å². The molecule has 0 radical (unpaired) electrons. The first kappa shape index (κ1) is 12.7. The third-order valence-corrected chi connectivity index (χ3v) is 4.03. The van der Waals surface area contributed by atoms with Gasteiger partial charge in [-0.1, -0.05) is 6.92 Å². The van der Waals surface area contributed by atoms with Crippen LogP contribution in [-0.4, -0.2) is 18.1 Å². The smallest absolute Gasteiger partial charge is 0.306 e. The van der Waals surface area contributed by atoms with Crippen molar-refractivity contribution in [3.63, 3.8) is 0 Å². The first-order chi connectivity index (χ1) is 7.04. The molecule has 0 aromatic carbocycles. The summed E-state index contributed by atoms with van der Waals surface area (Å²) in [5.74, 6) is -1.07. The van der Waals surface area contributed by atoms with Crippen LogP contribution in [0.25, 0.3) is 0 Å². The van der Waals surface area contributed by atoms with Crippen molar-refractivity contribution in [2.24, 2.45) is 5.92 Å². The van der Waals surface area contributed by atoms with Crippen molar-refractivity contribution in [3.8, 4) is 0 Å². The zero-order chi connectivity index (χ0) is 11.4. The second-order valence-electron chi connectivity index (χ2n) is 3.46. The molecular weight excluding hydrogens is 278 g/mol. The number of hydrogen-bond acceptors (Lipinski definition) is 3. The Morgan fingerprint density at radius 3 is 2.73 bits per heavy atom. The minimum Gasteiger partial charge on any atom is -0.481 e. The fourth-order valence-electron chi connectivity index (χ4n) is 1.35. The molecule has 2 atom stereocenters. The lowest BCUT2D eigenvalue weighted by molar-refractivity contribution is -0.141. The molecule has 0 amide bonds. The Morgan fingerprint density at radius 1 is 1.67 bits per heavy atom. The summed E-state index contributed by atoms with van der Waals surface area (Å²) in [5.41, 5.74) is 0. The molecule has 0 saturated carbocycles. The topological polar surface area (TPSA) is 49.3 Å². The molecule has 15 heavy (non-hydrogen) atoms. The Labute approximate surface area is 102 Å². The molecule has 1 heterocycles. The number of carboxylic acids is 1. The molecule has 0 aliphatic rings. The van der Waals surface area contributed by atoms with Crippen LogP contribution < -0.4 is 5.32 Å². The van der Waals surface area contributed by atoms with Crippen LogP contribution >= 0.6 is 27.3 Å². The molecule has 0 saturated heterocycles. The van der Waals surface area contributed by atoms with E-state index < -0.39 is 5.97 Å². The zero-order valence-electron chi connectivity index (χ0n) is 8.66. The van der Waals surface area contributed by atoms with E-state index in [1.165, 1.54) is 0 Å². The summed E-state index contributed by atoms with van der Waals surface area (Å²) >= 11 is 5.03. The van der Waals surface area contributed by atoms with Crippen molar-refractivity contribution in [1.29, 1.82) is 0 Å². The van der Waals surface area contributed by atoms with Gasteiger partial charge in [-0.2, -0.15) is 0 Å². The lowest BCUT2D eigenvalue weighted by Gasteiger charge is -2.16. The largest absolute Gasteiger partial charge is 0.481 e. The zero-order valence-corrected chi connectivity index (χ0v) is 11.1. The highest BCUT2D eigenvalue weighted by Gasteiger charge is 2.19. The third kappa shape index (κ3) is 3.59. The number of rotatable bonds is 5. The van der Waals surface area contributed by atoms with Crippen molar-refractivity contribution in [2.45, 2.75) is 19.4 Å². The molecule has 0 aliphatic carbocycles. The quantitative estimate of drug-likeness (QED) is 0.877. The van der Waals surface area contributed by atoms with Crippen molar-refractivity contribution in [1.82, 2.24) is 5.32 Å². The number of carboxylic acid groups (broad SMARTS) is 1. The van der Waals surface area contributed by atoms with Crippen LogP contribution in [0.1, 0.15) is 24.3 Å². The molecule has 2 N–H and O–H groups in total. The molecular formula is C10H14BrNO2S. The van der Waals surface area contributed by atoms with Crippen LogP contribution in [0.2, 0.25) is 0 Å². The number of hydrogen-bond donors (Lipinski definition) is 2. The first-order valence-electron chi connectivity index (χ1n) is 4.70. The van der Waals surface area contributed by atoms with E-state index in [1.807, 2.05) is 19.2 Å². The fraction of sp³-hybridized carbons (Fsp3) is 0.500. The maximum Gasteiger partial charge on any atom is 0.306 e. The van der Waals surface area contributed by atoms with Crippen LogP contribution in [0.5, 0.6) is 0 Å². The molecule has 1 rings (SSSR count). The van der Waals surface area contributed by atoms with Gasteiger partial charge in [0.2, 0.25) is 0 Å². The van der Waals surface area contributed by atoms with Crippen molar-refractivity contribution in [2.75, 3.05) is 7.05 Å². The van der Waals surface area contributed by atoms with Crippen molar-refractivity contribution >= 4 is 33.2 Å². The maximum absolute atomic E-state index is 10.8. The Kier molecular flexibility index (Phi) is 4.76. The lowest BCUT2D eigenvalue weighted by atomic mass is 10.0. The van der Waals surface area contributed by atoms with Crippen LogP contribution in [0.15, 0.2) is 15.9 Å². The highest BCUT2D eigenvalue weighted by atomic mass is 79.9. The predicted molar refractivity (Wildman–Crippen MR) is 65.2 cm³/mol. The van der Waals surface area contributed by atoms with Crippen molar-refractivity contribution < 1.29 is 9.90 Å². The van der Waals surface area contributed by atoms with E-state index in [9.17, 15) is 4.79 Å². The van der Waals surface area contributed by atoms with Gasteiger partial charge in [-0.25, -0.2) is 0 Å². The van der Waals surface area contributed by atoms with Gasteiger partial charge in [0.25, 0.3) is 0 Å². The Bertz CT molecular complexity index is 340. The summed E-state index contributed by atoms with van der Waals surface area (Å²) in [4.78, 5) is 11.9. The van der Waals surface area contributed by atoms with E-state index in [2.05, 4.69) is 21.2 Å². The summed E-state index contributed by atoms with van der Waals surface area (Å²) in [6.45, 7) is 1.73. The second-order valence-corrected chi connectivity index (χ2v) is 5.95. The SMILES string of the molecule is CNC(CC(C)C(=O)O)c1ccc(Br)s1. The molecule has 1 aromatic heterocycles.